The van der Waals surface area contributed by atoms with Crippen molar-refractivity contribution in [3.8, 4) is 0 Å². The van der Waals surface area contributed by atoms with E-state index in [0.29, 0.717) is 0 Å². The van der Waals surface area contributed by atoms with E-state index in [-0.39, 0.29) is 5.24 Å². The van der Waals surface area contributed by atoms with Crippen LogP contribution in [0.1, 0.15) is 6.92 Å². The average molecular weight is 132 g/mol. The van der Waals surface area contributed by atoms with E-state index in [1.807, 2.05) is 0 Å². The fraction of sp³-hybridized carbons (Fsp3) is 0.500. The Morgan fingerprint density at radius 3 is 2.88 bits per heavy atom. The Kier molecular flexibility index (Phi) is 4.35. The summed E-state index contributed by atoms with van der Waals surface area (Å²) in [6, 6.07) is 0. The van der Waals surface area contributed by atoms with Crippen LogP contribution in [-0.4, -0.2) is 18.5 Å². The molecular formula is C4H8N2OS. The van der Waals surface area contributed by atoms with Gasteiger partial charge in [-0.2, -0.15) is 0 Å². The van der Waals surface area contributed by atoms with Gasteiger partial charge in [-0.3, -0.25) is 4.79 Å². The van der Waals surface area contributed by atoms with Crippen LogP contribution in [0.2, 0.25) is 0 Å². The number of carbonyl (C=O) groups excluding carboxylic acids is 1. The minimum absolute atomic E-state index is 0.136. The summed E-state index contributed by atoms with van der Waals surface area (Å²) < 4.78 is 3.62. The number of nitrogens with one attached hydrogen (secondary N) is 1. The summed E-state index contributed by atoms with van der Waals surface area (Å²) in [5.74, 6) is 0. The number of carbonyl (C=O) groups is 1. The first-order chi connectivity index (χ1) is 3.81. The molecule has 0 aliphatic heterocycles. The number of amides is 1. The second-order valence-corrected chi connectivity index (χ2v) is 1.76. The molecule has 0 bridgehead atoms. The van der Waals surface area contributed by atoms with Crippen molar-refractivity contribution >= 4 is 23.4 Å². The highest BCUT2D eigenvalue weighted by Crippen LogP contribution is 1.99. The first kappa shape index (κ1) is 7.49. The standard InChI is InChI=1S/C4H8N2OS/c1-3-6-8-4(7)5-2/h3H,1-2H3,(H,5,7)/b6-3+. The maximum Gasteiger partial charge on any atom is 0.301 e. The lowest BCUT2D eigenvalue weighted by molar-refractivity contribution is 0.262. The van der Waals surface area contributed by atoms with Crippen molar-refractivity contribution < 1.29 is 4.79 Å². The Morgan fingerprint density at radius 2 is 2.50 bits per heavy atom. The van der Waals surface area contributed by atoms with Gasteiger partial charge < -0.3 is 5.32 Å². The molecule has 1 amide bonds. The van der Waals surface area contributed by atoms with Crippen LogP contribution in [0, 0.1) is 0 Å². The molecule has 0 aromatic heterocycles. The van der Waals surface area contributed by atoms with Crippen molar-refractivity contribution in [3.05, 3.63) is 0 Å². The molecule has 0 rings (SSSR count). The molecule has 0 spiro atoms. The van der Waals surface area contributed by atoms with E-state index >= 15 is 0 Å². The van der Waals surface area contributed by atoms with E-state index in [4.69, 9.17) is 0 Å². The topological polar surface area (TPSA) is 41.5 Å². The summed E-state index contributed by atoms with van der Waals surface area (Å²) in [6.07, 6.45) is 1.57. The molecule has 1 N–H and O–H groups in total. The molecule has 0 fully saturated rings. The monoisotopic (exact) mass is 132 g/mol. The van der Waals surface area contributed by atoms with Gasteiger partial charge in [-0.1, -0.05) is 0 Å². The zero-order chi connectivity index (χ0) is 6.41. The summed E-state index contributed by atoms with van der Waals surface area (Å²) in [7, 11) is 1.57. The molecule has 0 aliphatic carbocycles. The molecule has 0 heterocycles. The number of hydrogen-bond donors (Lipinski definition) is 1. The van der Waals surface area contributed by atoms with Crippen LogP contribution in [0.15, 0.2) is 4.40 Å². The van der Waals surface area contributed by atoms with Gasteiger partial charge in [0.15, 0.2) is 0 Å². The Bertz CT molecular complexity index is 102. The molecule has 0 aromatic carbocycles. The lowest BCUT2D eigenvalue weighted by atomic mass is 10.9. The second kappa shape index (κ2) is 4.64. The van der Waals surface area contributed by atoms with Gasteiger partial charge in [0.25, 0.3) is 0 Å². The maximum absolute atomic E-state index is 10.3. The van der Waals surface area contributed by atoms with Gasteiger partial charge >= 0.3 is 5.24 Å². The SMILES string of the molecule is C/C=N/SC(=O)NC. The molecule has 0 saturated heterocycles. The molecule has 0 unspecified atom stereocenters. The molecular weight excluding hydrogens is 124 g/mol. The zero-order valence-electron chi connectivity index (χ0n) is 4.84. The Balaban J connectivity index is 3.25. The van der Waals surface area contributed by atoms with Crippen LogP contribution >= 0.6 is 11.9 Å². The summed E-state index contributed by atoms with van der Waals surface area (Å²) in [5.41, 5.74) is 0. The van der Waals surface area contributed by atoms with Gasteiger partial charge in [-0.25, -0.2) is 4.40 Å². The first-order valence-electron chi connectivity index (χ1n) is 2.18. The molecule has 0 radical (unpaired) electrons. The summed E-state index contributed by atoms with van der Waals surface area (Å²) >= 11 is 0.896. The van der Waals surface area contributed by atoms with Crippen molar-refractivity contribution in [2.45, 2.75) is 6.92 Å². The highest BCUT2D eigenvalue weighted by atomic mass is 32.2. The predicted molar refractivity (Wildman–Crippen MR) is 36.2 cm³/mol. The molecule has 3 nitrogen and oxygen atoms in total. The minimum Gasteiger partial charge on any atom is -0.349 e. The molecule has 0 aromatic rings. The average Bonchev–Trinajstić information content (AvgIpc) is 1.83. The molecule has 46 valence electrons. The van der Waals surface area contributed by atoms with Gasteiger partial charge in [-0.05, 0) is 6.92 Å². The Labute approximate surface area is 52.7 Å². The van der Waals surface area contributed by atoms with Crippen LogP contribution in [0.3, 0.4) is 0 Å². The van der Waals surface area contributed by atoms with Crippen LogP contribution in [0.4, 0.5) is 4.79 Å². The smallest absolute Gasteiger partial charge is 0.301 e. The van der Waals surface area contributed by atoms with Gasteiger partial charge in [-0.15, -0.1) is 0 Å². The highest BCUT2D eigenvalue weighted by Gasteiger charge is 1.91. The number of rotatable bonds is 1. The Morgan fingerprint density at radius 1 is 1.88 bits per heavy atom. The van der Waals surface area contributed by atoms with Gasteiger partial charge in [0.2, 0.25) is 0 Å². The van der Waals surface area contributed by atoms with Crippen LogP contribution in [0.25, 0.3) is 0 Å². The molecule has 0 saturated carbocycles. The van der Waals surface area contributed by atoms with E-state index in [9.17, 15) is 4.79 Å². The minimum atomic E-state index is -0.136. The molecule has 0 aliphatic rings. The van der Waals surface area contributed by atoms with Crippen molar-refractivity contribution in [1.82, 2.24) is 5.32 Å². The summed E-state index contributed by atoms with van der Waals surface area (Å²) in [6.45, 7) is 1.76. The van der Waals surface area contributed by atoms with Gasteiger partial charge in [0.05, 0.1) is 11.9 Å². The fourth-order valence-electron chi connectivity index (χ4n) is 0.146. The van der Waals surface area contributed by atoms with E-state index in [1.54, 1.807) is 20.2 Å². The van der Waals surface area contributed by atoms with E-state index < -0.39 is 0 Å². The van der Waals surface area contributed by atoms with Gasteiger partial charge in [0, 0.05) is 13.3 Å². The van der Waals surface area contributed by atoms with Crippen molar-refractivity contribution in [3.63, 3.8) is 0 Å². The van der Waals surface area contributed by atoms with E-state index in [0.717, 1.165) is 11.9 Å². The molecule has 4 heteroatoms. The predicted octanol–water partition coefficient (Wildman–Crippen LogP) is 1.06. The molecule has 0 atom stereocenters. The largest absolute Gasteiger partial charge is 0.349 e. The maximum atomic E-state index is 10.3. The quantitative estimate of drug-likeness (QED) is 0.428. The fourth-order valence-corrected chi connectivity index (χ4v) is 0.439. The summed E-state index contributed by atoms with van der Waals surface area (Å²) in [4.78, 5) is 10.3. The van der Waals surface area contributed by atoms with Crippen molar-refractivity contribution in [2.24, 2.45) is 4.40 Å². The number of nitrogens with zero attached hydrogens (tertiary/aromatic N) is 1. The molecule has 8 heavy (non-hydrogen) atoms. The summed E-state index contributed by atoms with van der Waals surface area (Å²) in [5, 5.41) is 2.27. The van der Waals surface area contributed by atoms with Crippen LogP contribution < -0.4 is 5.32 Å². The van der Waals surface area contributed by atoms with Crippen molar-refractivity contribution in [1.29, 1.82) is 0 Å². The van der Waals surface area contributed by atoms with Gasteiger partial charge in [0.1, 0.15) is 0 Å². The second-order valence-electron chi connectivity index (χ2n) is 0.992. The van der Waals surface area contributed by atoms with E-state index in [1.165, 1.54) is 0 Å². The number of hydrogen-bond acceptors (Lipinski definition) is 3. The van der Waals surface area contributed by atoms with Crippen LogP contribution in [-0.2, 0) is 0 Å². The lowest BCUT2D eigenvalue weighted by Gasteiger charge is -1.87. The van der Waals surface area contributed by atoms with Crippen molar-refractivity contribution in [2.75, 3.05) is 7.05 Å². The van der Waals surface area contributed by atoms with Crippen LogP contribution in [0.5, 0.6) is 0 Å². The lowest BCUT2D eigenvalue weighted by Crippen LogP contribution is -2.09. The Hall–Kier alpha value is -0.510. The zero-order valence-corrected chi connectivity index (χ0v) is 5.66. The first-order valence-corrected chi connectivity index (χ1v) is 2.95. The third-order valence-corrected chi connectivity index (χ3v) is 1.13. The normalized spacial score (nSPS) is 9.75. The third-order valence-electron chi connectivity index (χ3n) is 0.445. The highest BCUT2D eigenvalue weighted by molar-refractivity contribution is 8.12. The third kappa shape index (κ3) is 3.67. The van der Waals surface area contributed by atoms with E-state index in [2.05, 4.69) is 9.71 Å².